The first-order chi connectivity index (χ1) is 15.6. The molecule has 0 aliphatic carbocycles. The fourth-order valence-corrected chi connectivity index (χ4v) is 4.76. The van der Waals surface area contributed by atoms with E-state index >= 15 is 0 Å². The lowest BCUT2D eigenvalue weighted by molar-refractivity contribution is -0.140. The van der Waals surface area contributed by atoms with Crippen LogP contribution in [0.1, 0.15) is 37.8 Å². The van der Waals surface area contributed by atoms with Crippen LogP contribution in [0.3, 0.4) is 0 Å². The van der Waals surface area contributed by atoms with Crippen molar-refractivity contribution in [1.29, 1.82) is 0 Å². The fraction of sp³-hybridized carbons (Fsp3) is 0.417. The number of rotatable bonds is 11. The lowest BCUT2D eigenvalue weighted by atomic mass is 10.1. The molecule has 0 bridgehead atoms. The van der Waals surface area contributed by atoms with Crippen molar-refractivity contribution in [2.45, 2.75) is 46.2 Å². The van der Waals surface area contributed by atoms with Crippen LogP contribution < -0.4 is 9.62 Å². The van der Waals surface area contributed by atoms with Crippen molar-refractivity contribution >= 4 is 39.1 Å². The highest BCUT2D eigenvalue weighted by Crippen LogP contribution is 2.23. The van der Waals surface area contributed by atoms with Gasteiger partial charge in [-0.25, -0.2) is 8.42 Å². The van der Waals surface area contributed by atoms with E-state index in [4.69, 9.17) is 11.6 Å². The Morgan fingerprint density at radius 2 is 1.73 bits per heavy atom. The summed E-state index contributed by atoms with van der Waals surface area (Å²) in [6.07, 6.45) is 1.55. The summed E-state index contributed by atoms with van der Waals surface area (Å²) in [7, 11) is -3.52. The number of carbonyl (C=O) groups is 2. The molecule has 0 saturated heterocycles. The van der Waals surface area contributed by atoms with Crippen LogP contribution in [-0.4, -0.2) is 50.5 Å². The average molecular weight is 494 g/mol. The fourth-order valence-electron chi connectivity index (χ4n) is 3.54. The van der Waals surface area contributed by atoms with Gasteiger partial charge in [0, 0.05) is 31.1 Å². The number of nitrogens with zero attached hydrogens (tertiary/aromatic N) is 2. The third kappa shape index (κ3) is 7.47. The predicted octanol–water partition coefficient (Wildman–Crippen LogP) is 3.75. The van der Waals surface area contributed by atoms with Gasteiger partial charge in [0.1, 0.15) is 6.04 Å². The van der Waals surface area contributed by atoms with Crippen molar-refractivity contribution in [2.24, 2.45) is 0 Å². The van der Waals surface area contributed by atoms with Gasteiger partial charge < -0.3 is 10.2 Å². The van der Waals surface area contributed by atoms with E-state index in [2.05, 4.69) is 5.32 Å². The summed E-state index contributed by atoms with van der Waals surface area (Å²) in [5.41, 5.74) is 2.16. The first kappa shape index (κ1) is 26.7. The molecule has 9 heteroatoms. The average Bonchev–Trinajstić information content (AvgIpc) is 2.75. The van der Waals surface area contributed by atoms with E-state index in [0.29, 0.717) is 23.7 Å². The van der Waals surface area contributed by atoms with Crippen molar-refractivity contribution in [3.8, 4) is 0 Å². The van der Waals surface area contributed by atoms with E-state index in [1.165, 1.54) is 9.21 Å². The summed E-state index contributed by atoms with van der Waals surface area (Å²) in [6.45, 7) is 6.14. The zero-order valence-electron chi connectivity index (χ0n) is 19.5. The van der Waals surface area contributed by atoms with Crippen LogP contribution in [0.5, 0.6) is 0 Å². The molecule has 0 aliphatic heterocycles. The monoisotopic (exact) mass is 493 g/mol. The molecule has 2 rings (SSSR count). The molecular weight excluding hydrogens is 462 g/mol. The van der Waals surface area contributed by atoms with E-state index in [9.17, 15) is 18.0 Å². The Bertz CT molecular complexity index is 1070. The van der Waals surface area contributed by atoms with Gasteiger partial charge in [-0.15, -0.1) is 0 Å². The second-order valence-electron chi connectivity index (χ2n) is 7.91. The van der Waals surface area contributed by atoms with Gasteiger partial charge in [0.15, 0.2) is 0 Å². The first-order valence-corrected chi connectivity index (χ1v) is 13.1. The molecule has 2 aromatic carbocycles. The molecule has 1 atom stereocenters. The summed E-state index contributed by atoms with van der Waals surface area (Å²) in [6, 6.07) is 13.7. The van der Waals surface area contributed by atoms with Crippen LogP contribution in [0.15, 0.2) is 48.5 Å². The van der Waals surface area contributed by atoms with Gasteiger partial charge in [0.25, 0.3) is 0 Å². The van der Waals surface area contributed by atoms with E-state index < -0.39 is 16.1 Å². The number of halogens is 1. The SMILES string of the molecule is CCNC(=O)C(C)N(Cc1ccccc1Cl)C(=O)CCCN(c1ccccc1C)S(C)(=O)=O. The van der Waals surface area contributed by atoms with Gasteiger partial charge in [-0.05, 0) is 50.5 Å². The molecule has 7 nitrogen and oxygen atoms in total. The minimum Gasteiger partial charge on any atom is -0.355 e. The van der Waals surface area contributed by atoms with E-state index in [1.54, 1.807) is 31.2 Å². The van der Waals surface area contributed by atoms with Crippen LogP contribution in [0.25, 0.3) is 0 Å². The topological polar surface area (TPSA) is 86.8 Å². The van der Waals surface area contributed by atoms with Crippen molar-refractivity contribution in [2.75, 3.05) is 23.7 Å². The third-order valence-electron chi connectivity index (χ3n) is 5.35. The summed E-state index contributed by atoms with van der Waals surface area (Å²) in [5.74, 6) is -0.498. The zero-order chi connectivity index (χ0) is 24.6. The predicted molar refractivity (Wildman–Crippen MR) is 133 cm³/mol. The molecule has 0 fully saturated rings. The molecule has 1 unspecified atom stereocenters. The molecule has 1 N–H and O–H groups in total. The number of benzene rings is 2. The Morgan fingerprint density at radius 1 is 1.09 bits per heavy atom. The van der Waals surface area contributed by atoms with Crippen LogP contribution in [0, 0.1) is 6.92 Å². The maximum Gasteiger partial charge on any atom is 0.242 e. The van der Waals surface area contributed by atoms with Crippen molar-refractivity contribution in [3.63, 3.8) is 0 Å². The molecule has 2 amide bonds. The lowest BCUT2D eigenvalue weighted by Crippen LogP contribution is -2.47. The molecular formula is C24H32ClN3O4S. The van der Waals surface area contributed by atoms with Gasteiger partial charge in [-0.2, -0.15) is 0 Å². The van der Waals surface area contributed by atoms with Gasteiger partial charge in [0.05, 0.1) is 11.9 Å². The van der Waals surface area contributed by atoms with E-state index in [1.807, 2.05) is 38.1 Å². The number of anilines is 1. The minimum atomic E-state index is -3.52. The maximum absolute atomic E-state index is 13.2. The highest BCUT2D eigenvalue weighted by Gasteiger charge is 2.27. The molecule has 2 aromatic rings. The number of hydrogen-bond donors (Lipinski definition) is 1. The Kier molecular flexibility index (Phi) is 9.73. The van der Waals surface area contributed by atoms with Crippen molar-refractivity contribution < 1.29 is 18.0 Å². The number of sulfonamides is 1. The lowest BCUT2D eigenvalue weighted by Gasteiger charge is -2.29. The maximum atomic E-state index is 13.2. The quantitative estimate of drug-likeness (QED) is 0.516. The van der Waals surface area contributed by atoms with Crippen LogP contribution >= 0.6 is 11.6 Å². The number of carbonyl (C=O) groups excluding carboxylic acids is 2. The molecule has 33 heavy (non-hydrogen) atoms. The highest BCUT2D eigenvalue weighted by atomic mass is 35.5. The first-order valence-electron chi connectivity index (χ1n) is 10.9. The Balaban J connectivity index is 2.18. The molecule has 0 aliphatic rings. The largest absolute Gasteiger partial charge is 0.355 e. The second kappa shape index (κ2) is 12.0. The van der Waals surface area contributed by atoms with Gasteiger partial charge in [0.2, 0.25) is 21.8 Å². The molecule has 180 valence electrons. The van der Waals surface area contributed by atoms with Gasteiger partial charge in [-0.1, -0.05) is 48.0 Å². The molecule has 0 heterocycles. The van der Waals surface area contributed by atoms with Crippen LogP contribution in [0.4, 0.5) is 5.69 Å². The Hall–Kier alpha value is -2.58. The zero-order valence-corrected chi connectivity index (χ0v) is 21.1. The number of hydrogen-bond acceptors (Lipinski definition) is 4. The molecule has 0 aromatic heterocycles. The van der Waals surface area contributed by atoms with Crippen molar-refractivity contribution in [3.05, 3.63) is 64.7 Å². The molecule has 0 radical (unpaired) electrons. The minimum absolute atomic E-state index is 0.0894. The van der Waals surface area contributed by atoms with Gasteiger partial charge >= 0.3 is 0 Å². The third-order valence-corrected chi connectivity index (χ3v) is 6.90. The Morgan fingerprint density at radius 3 is 2.33 bits per heavy atom. The molecule has 0 saturated carbocycles. The number of aryl methyl sites for hydroxylation is 1. The smallest absolute Gasteiger partial charge is 0.242 e. The summed E-state index contributed by atoms with van der Waals surface area (Å²) in [4.78, 5) is 27.1. The number of para-hydroxylation sites is 1. The normalized spacial score (nSPS) is 12.2. The van der Waals surface area contributed by atoms with Gasteiger partial charge in [-0.3, -0.25) is 13.9 Å². The van der Waals surface area contributed by atoms with Crippen LogP contribution in [-0.2, 0) is 26.2 Å². The molecule has 0 spiro atoms. The van der Waals surface area contributed by atoms with E-state index in [-0.39, 0.29) is 31.3 Å². The van der Waals surface area contributed by atoms with Crippen LogP contribution in [0.2, 0.25) is 5.02 Å². The standard InChI is InChI=1S/C24H32ClN3O4S/c1-5-26-24(30)19(3)27(17-20-12-7-8-13-21(20)25)23(29)15-10-16-28(33(4,31)32)22-14-9-6-11-18(22)2/h6-9,11-14,19H,5,10,15-17H2,1-4H3,(H,26,30). The number of amides is 2. The number of nitrogens with one attached hydrogen (secondary N) is 1. The number of likely N-dealkylation sites (N-methyl/N-ethyl adjacent to an activating group) is 1. The Labute approximate surface area is 201 Å². The summed E-state index contributed by atoms with van der Waals surface area (Å²) in [5, 5.41) is 3.26. The summed E-state index contributed by atoms with van der Waals surface area (Å²) >= 11 is 6.29. The van der Waals surface area contributed by atoms with E-state index in [0.717, 1.165) is 17.4 Å². The summed E-state index contributed by atoms with van der Waals surface area (Å²) < 4.78 is 26.1. The second-order valence-corrected chi connectivity index (χ2v) is 10.2. The highest BCUT2D eigenvalue weighted by molar-refractivity contribution is 7.92. The van der Waals surface area contributed by atoms with Crippen molar-refractivity contribution in [1.82, 2.24) is 10.2 Å².